The van der Waals surface area contributed by atoms with E-state index in [2.05, 4.69) is 14.9 Å². The van der Waals surface area contributed by atoms with Crippen molar-refractivity contribution in [3.63, 3.8) is 0 Å². The quantitative estimate of drug-likeness (QED) is 0.860. The Labute approximate surface area is 110 Å². The number of aromatic nitrogens is 2. The zero-order valence-corrected chi connectivity index (χ0v) is 11.5. The summed E-state index contributed by atoms with van der Waals surface area (Å²) < 4.78 is 48.8. The van der Waals surface area contributed by atoms with Crippen LogP contribution in [-0.4, -0.2) is 33.3 Å². The van der Waals surface area contributed by atoms with Crippen molar-refractivity contribution in [2.24, 2.45) is 0 Å². The van der Waals surface area contributed by atoms with Crippen LogP contribution >= 0.6 is 0 Å². The predicted molar refractivity (Wildman–Crippen MR) is 68.9 cm³/mol. The molecule has 1 aromatic carbocycles. The highest BCUT2D eigenvalue weighted by Crippen LogP contribution is 2.18. The van der Waals surface area contributed by atoms with Crippen molar-refractivity contribution in [3.8, 4) is 0 Å². The van der Waals surface area contributed by atoms with Gasteiger partial charge in [0.2, 0.25) is 0 Å². The normalized spacial score (nSPS) is 12.3. The molecule has 0 atom stereocenters. The minimum Gasteiger partial charge on any atom is -0.278 e. The summed E-state index contributed by atoms with van der Waals surface area (Å²) in [5, 5.41) is 5.77. The van der Waals surface area contributed by atoms with E-state index in [9.17, 15) is 16.8 Å². The maximum absolute atomic E-state index is 11.9. The van der Waals surface area contributed by atoms with Gasteiger partial charge < -0.3 is 0 Å². The number of hydrogen-bond donors (Lipinski definition) is 2. The third kappa shape index (κ3) is 3.12. The van der Waals surface area contributed by atoms with E-state index in [4.69, 9.17) is 0 Å². The van der Waals surface area contributed by atoms with Crippen LogP contribution in [0.3, 0.4) is 0 Å². The summed E-state index contributed by atoms with van der Waals surface area (Å²) in [7, 11) is -7.18. The van der Waals surface area contributed by atoms with Gasteiger partial charge in [0.15, 0.2) is 14.9 Å². The molecule has 7 nitrogen and oxygen atoms in total. The Morgan fingerprint density at radius 2 is 1.89 bits per heavy atom. The van der Waals surface area contributed by atoms with Gasteiger partial charge in [0.1, 0.15) is 0 Å². The fraction of sp³-hybridized carbons (Fsp3) is 0.100. The molecule has 1 heterocycles. The van der Waals surface area contributed by atoms with Crippen LogP contribution in [0.2, 0.25) is 0 Å². The summed E-state index contributed by atoms with van der Waals surface area (Å²) in [5.41, 5.74) is 0.164. The van der Waals surface area contributed by atoms with Crippen LogP contribution in [0.1, 0.15) is 0 Å². The molecule has 9 heteroatoms. The average Bonchev–Trinajstić information content (AvgIpc) is 2.81. The largest absolute Gasteiger partial charge is 0.278 e. The fourth-order valence-electron chi connectivity index (χ4n) is 1.39. The van der Waals surface area contributed by atoms with E-state index in [1.54, 1.807) is 0 Å². The molecule has 0 radical (unpaired) electrons. The highest BCUT2D eigenvalue weighted by Gasteiger charge is 2.16. The van der Waals surface area contributed by atoms with Crippen LogP contribution in [0.25, 0.3) is 0 Å². The highest BCUT2D eigenvalue weighted by molar-refractivity contribution is 7.92. The first-order valence-electron chi connectivity index (χ1n) is 5.11. The summed E-state index contributed by atoms with van der Waals surface area (Å²) in [5.74, 6) is 0. The maximum atomic E-state index is 11.9. The fourth-order valence-corrected chi connectivity index (χ4v) is 3.02. The summed E-state index contributed by atoms with van der Waals surface area (Å²) >= 11 is 0. The minimum absolute atomic E-state index is 0.0392. The lowest BCUT2D eigenvalue weighted by molar-refractivity contribution is 0.596. The van der Waals surface area contributed by atoms with E-state index >= 15 is 0 Å². The smallest absolute Gasteiger partial charge is 0.278 e. The monoisotopic (exact) mass is 301 g/mol. The number of sulfonamides is 1. The molecule has 2 N–H and O–H groups in total. The molecule has 1 aromatic heterocycles. The van der Waals surface area contributed by atoms with Crippen molar-refractivity contribution in [2.45, 2.75) is 9.92 Å². The molecule has 2 rings (SSSR count). The lowest BCUT2D eigenvalue weighted by Gasteiger charge is -2.07. The number of H-pyrrole nitrogens is 1. The lowest BCUT2D eigenvalue weighted by Crippen LogP contribution is -2.13. The number of nitrogens with one attached hydrogen (secondary N) is 2. The van der Waals surface area contributed by atoms with E-state index in [-0.39, 0.29) is 15.6 Å². The van der Waals surface area contributed by atoms with E-state index in [0.717, 1.165) is 6.26 Å². The SMILES string of the molecule is CS(=O)(=O)c1cccc(NS(=O)(=O)c2ccn[nH]2)c1. The summed E-state index contributed by atoms with van der Waals surface area (Å²) in [6.45, 7) is 0. The van der Waals surface area contributed by atoms with Gasteiger partial charge >= 0.3 is 0 Å². The predicted octanol–water partition coefficient (Wildman–Crippen LogP) is 0.614. The Bertz CT molecular complexity index is 780. The first-order chi connectivity index (χ1) is 8.79. The molecule has 0 unspecified atom stereocenters. The second-order valence-electron chi connectivity index (χ2n) is 3.83. The van der Waals surface area contributed by atoms with Gasteiger partial charge in [0, 0.05) is 6.26 Å². The molecule has 0 aliphatic carbocycles. The number of nitrogens with zero attached hydrogens (tertiary/aromatic N) is 1. The zero-order chi connectivity index (χ0) is 14.1. The molecular formula is C10H11N3O4S2. The second kappa shape index (κ2) is 4.67. The van der Waals surface area contributed by atoms with Gasteiger partial charge in [-0.2, -0.15) is 13.5 Å². The van der Waals surface area contributed by atoms with Crippen LogP contribution < -0.4 is 4.72 Å². The number of aromatic amines is 1. The Morgan fingerprint density at radius 1 is 1.16 bits per heavy atom. The lowest BCUT2D eigenvalue weighted by atomic mass is 10.3. The Morgan fingerprint density at radius 3 is 2.47 bits per heavy atom. The highest BCUT2D eigenvalue weighted by atomic mass is 32.2. The molecule has 2 aromatic rings. The molecule has 102 valence electrons. The minimum atomic E-state index is -3.80. The van der Waals surface area contributed by atoms with Crippen LogP contribution in [0.15, 0.2) is 46.5 Å². The van der Waals surface area contributed by atoms with Crippen molar-refractivity contribution < 1.29 is 16.8 Å². The van der Waals surface area contributed by atoms with Crippen molar-refractivity contribution in [3.05, 3.63) is 36.5 Å². The molecule has 0 amide bonds. The number of sulfone groups is 1. The molecule has 19 heavy (non-hydrogen) atoms. The third-order valence-corrected chi connectivity index (χ3v) is 4.70. The van der Waals surface area contributed by atoms with Crippen molar-refractivity contribution >= 4 is 25.5 Å². The first-order valence-corrected chi connectivity index (χ1v) is 8.49. The molecule has 0 saturated carbocycles. The summed E-state index contributed by atoms with van der Waals surface area (Å²) in [6.07, 6.45) is 2.36. The van der Waals surface area contributed by atoms with Crippen molar-refractivity contribution in [1.29, 1.82) is 0 Å². The topological polar surface area (TPSA) is 109 Å². The maximum Gasteiger partial charge on any atom is 0.278 e. The van der Waals surface area contributed by atoms with Crippen LogP contribution in [0.5, 0.6) is 0 Å². The van der Waals surface area contributed by atoms with Crippen LogP contribution in [0, 0.1) is 0 Å². The van der Waals surface area contributed by atoms with E-state index in [0.29, 0.717) is 0 Å². The van der Waals surface area contributed by atoms with Crippen LogP contribution in [0.4, 0.5) is 5.69 Å². The Kier molecular flexibility index (Phi) is 3.33. The number of anilines is 1. The van der Waals surface area contributed by atoms with Gasteiger partial charge in [-0.25, -0.2) is 8.42 Å². The van der Waals surface area contributed by atoms with Gasteiger partial charge in [0.25, 0.3) is 10.0 Å². The van der Waals surface area contributed by atoms with Gasteiger partial charge in [-0.3, -0.25) is 9.82 Å². The van der Waals surface area contributed by atoms with Gasteiger partial charge in [-0.05, 0) is 24.3 Å². The second-order valence-corrected chi connectivity index (χ2v) is 7.49. The first kappa shape index (κ1) is 13.6. The van der Waals surface area contributed by atoms with E-state index < -0.39 is 19.9 Å². The Hall–Kier alpha value is -1.87. The van der Waals surface area contributed by atoms with Gasteiger partial charge in [0.05, 0.1) is 16.8 Å². The van der Waals surface area contributed by atoms with Crippen LogP contribution in [-0.2, 0) is 19.9 Å². The average molecular weight is 301 g/mol. The summed E-state index contributed by atoms with van der Waals surface area (Å²) in [6, 6.07) is 6.86. The number of hydrogen-bond acceptors (Lipinski definition) is 5. The molecular weight excluding hydrogens is 290 g/mol. The van der Waals surface area contributed by atoms with Gasteiger partial charge in [-0.1, -0.05) is 6.07 Å². The number of rotatable bonds is 4. The van der Waals surface area contributed by atoms with Crippen molar-refractivity contribution in [1.82, 2.24) is 10.2 Å². The van der Waals surface area contributed by atoms with E-state index in [1.165, 1.54) is 36.5 Å². The Balaban J connectivity index is 2.35. The molecule has 0 saturated heterocycles. The third-order valence-electron chi connectivity index (χ3n) is 2.28. The van der Waals surface area contributed by atoms with Crippen molar-refractivity contribution in [2.75, 3.05) is 11.0 Å². The zero-order valence-electron chi connectivity index (χ0n) is 9.86. The molecule has 0 aliphatic rings. The number of benzene rings is 1. The molecule has 0 bridgehead atoms. The van der Waals surface area contributed by atoms with Gasteiger partial charge in [-0.15, -0.1) is 0 Å². The summed E-state index contributed by atoms with van der Waals surface area (Å²) in [4.78, 5) is 0.0392. The van der Waals surface area contributed by atoms with E-state index in [1.807, 2.05) is 0 Å². The molecule has 0 aliphatic heterocycles. The standard InChI is InChI=1S/C10H11N3O4S2/c1-18(14,15)9-4-2-3-8(7-9)13-19(16,17)10-5-6-11-12-10/h2-7,13H,1H3,(H,11,12). The molecule has 0 spiro atoms. The molecule has 0 fully saturated rings.